The highest BCUT2D eigenvalue weighted by atomic mass is 35.5. The summed E-state index contributed by atoms with van der Waals surface area (Å²) in [5.74, 6) is 0.420. The van der Waals surface area contributed by atoms with E-state index in [1.54, 1.807) is 0 Å². The van der Waals surface area contributed by atoms with Crippen molar-refractivity contribution in [3.8, 4) is 0 Å². The van der Waals surface area contributed by atoms with Crippen LogP contribution < -0.4 is 0 Å². The van der Waals surface area contributed by atoms with E-state index in [-0.39, 0.29) is 6.61 Å². The van der Waals surface area contributed by atoms with Gasteiger partial charge in [-0.05, 0) is 49.2 Å². The molecular formula is C24H36ClNO2. The number of nitrogens with zero attached hydrogens (tertiary/aromatic N) is 1. The van der Waals surface area contributed by atoms with Crippen molar-refractivity contribution in [1.82, 2.24) is 4.90 Å². The Morgan fingerprint density at radius 3 is 1.96 bits per heavy atom. The second kappa shape index (κ2) is 15.5. The van der Waals surface area contributed by atoms with E-state index in [1.807, 2.05) is 18.2 Å². The lowest BCUT2D eigenvalue weighted by atomic mass is 9.93. The third-order valence-corrected chi connectivity index (χ3v) is 4.79. The van der Waals surface area contributed by atoms with Gasteiger partial charge in [0.2, 0.25) is 0 Å². The smallest absolute Gasteiger partial charge is 0.0698 e. The zero-order valence-electron chi connectivity index (χ0n) is 17.6. The average Bonchev–Trinajstić information content (AvgIpc) is 2.73. The molecule has 0 saturated heterocycles. The Labute approximate surface area is 176 Å². The molecule has 1 unspecified atom stereocenters. The second-order valence-corrected chi connectivity index (χ2v) is 7.30. The van der Waals surface area contributed by atoms with E-state index in [1.165, 1.54) is 24.0 Å². The molecule has 2 rings (SSSR count). The summed E-state index contributed by atoms with van der Waals surface area (Å²) in [5, 5.41) is 9.29. The van der Waals surface area contributed by atoms with Crippen LogP contribution in [-0.4, -0.2) is 49.5 Å². The van der Waals surface area contributed by atoms with Crippen LogP contribution in [0.3, 0.4) is 0 Å². The van der Waals surface area contributed by atoms with Crippen molar-refractivity contribution in [3.63, 3.8) is 0 Å². The van der Waals surface area contributed by atoms with E-state index in [4.69, 9.17) is 21.4 Å². The lowest BCUT2D eigenvalue weighted by Gasteiger charge is -2.20. The van der Waals surface area contributed by atoms with Crippen molar-refractivity contribution < 1.29 is 9.84 Å². The first kappa shape index (κ1) is 24.6. The number of rotatable bonds is 11. The summed E-state index contributed by atoms with van der Waals surface area (Å²) >= 11 is 5.86. The number of hydrogen-bond acceptors (Lipinski definition) is 3. The Morgan fingerprint density at radius 1 is 0.857 bits per heavy atom. The maximum Gasteiger partial charge on any atom is 0.0698 e. The van der Waals surface area contributed by atoms with Crippen molar-refractivity contribution in [1.29, 1.82) is 0 Å². The third kappa shape index (κ3) is 10.2. The van der Waals surface area contributed by atoms with Crippen molar-refractivity contribution in [2.45, 2.75) is 39.5 Å². The van der Waals surface area contributed by atoms with Crippen LogP contribution in [0, 0.1) is 0 Å². The summed E-state index contributed by atoms with van der Waals surface area (Å²) in [6, 6.07) is 18.5. The fourth-order valence-corrected chi connectivity index (χ4v) is 3.14. The standard InChI is InChI=1S/C14H13Cl.C10H23NO2/c1-11(12-5-3-2-4-6-12)13-7-9-14(15)10-8-13;1-3-5-11(6-4-2)7-9-13-10-8-12/h2-11H,1H3;12H,3-10H2,1-2H3. The zero-order chi connectivity index (χ0) is 20.6. The molecule has 0 aromatic heterocycles. The van der Waals surface area contributed by atoms with Gasteiger partial charge in [0.15, 0.2) is 0 Å². The van der Waals surface area contributed by atoms with E-state index in [0.29, 0.717) is 12.5 Å². The first-order chi connectivity index (χ1) is 13.6. The summed E-state index contributed by atoms with van der Waals surface area (Å²) in [6.45, 7) is 11.2. The van der Waals surface area contributed by atoms with Gasteiger partial charge in [-0.3, -0.25) is 0 Å². The van der Waals surface area contributed by atoms with Crippen LogP contribution in [0.1, 0.15) is 50.7 Å². The highest BCUT2D eigenvalue weighted by Gasteiger charge is 2.06. The molecular weight excluding hydrogens is 370 g/mol. The minimum Gasteiger partial charge on any atom is -0.394 e. The molecule has 0 aliphatic rings. The lowest BCUT2D eigenvalue weighted by Crippen LogP contribution is -2.29. The molecule has 0 radical (unpaired) electrons. The lowest BCUT2D eigenvalue weighted by molar-refractivity contribution is 0.0736. The van der Waals surface area contributed by atoms with Gasteiger partial charge in [-0.2, -0.15) is 0 Å². The van der Waals surface area contributed by atoms with Crippen LogP contribution in [-0.2, 0) is 4.74 Å². The van der Waals surface area contributed by atoms with E-state index in [2.05, 4.69) is 62.1 Å². The third-order valence-electron chi connectivity index (χ3n) is 4.54. The zero-order valence-corrected chi connectivity index (χ0v) is 18.4. The molecule has 0 spiro atoms. The molecule has 156 valence electrons. The molecule has 0 aliphatic carbocycles. The number of aliphatic hydroxyl groups is 1. The van der Waals surface area contributed by atoms with Gasteiger partial charge < -0.3 is 14.7 Å². The Hall–Kier alpha value is -1.39. The van der Waals surface area contributed by atoms with Gasteiger partial charge in [-0.25, -0.2) is 0 Å². The van der Waals surface area contributed by atoms with Crippen LogP contribution >= 0.6 is 11.6 Å². The summed E-state index contributed by atoms with van der Waals surface area (Å²) < 4.78 is 5.21. The Morgan fingerprint density at radius 2 is 1.43 bits per heavy atom. The molecule has 0 bridgehead atoms. The predicted molar refractivity (Wildman–Crippen MR) is 120 cm³/mol. The van der Waals surface area contributed by atoms with E-state index in [9.17, 15) is 0 Å². The minimum absolute atomic E-state index is 0.127. The second-order valence-electron chi connectivity index (χ2n) is 6.86. The molecule has 1 atom stereocenters. The van der Waals surface area contributed by atoms with Gasteiger partial charge in [0.05, 0.1) is 19.8 Å². The SMILES string of the molecule is CC(c1ccccc1)c1ccc(Cl)cc1.CCCN(CCC)CCOCCO. The molecule has 0 amide bonds. The average molecular weight is 406 g/mol. The number of hydrogen-bond donors (Lipinski definition) is 1. The molecule has 4 heteroatoms. The van der Waals surface area contributed by atoms with Gasteiger partial charge in [-0.15, -0.1) is 0 Å². The molecule has 0 aliphatic heterocycles. The van der Waals surface area contributed by atoms with Crippen LogP contribution in [0.15, 0.2) is 54.6 Å². The van der Waals surface area contributed by atoms with Gasteiger partial charge in [-0.1, -0.05) is 74.8 Å². The van der Waals surface area contributed by atoms with E-state index >= 15 is 0 Å². The maximum atomic E-state index is 8.50. The van der Waals surface area contributed by atoms with E-state index in [0.717, 1.165) is 31.3 Å². The van der Waals surface area contributed by atoms with Crippen LogP contribution in [0.2, 0.25) is 5.02 Å². The summed E-state index contributed by atoms with van der Waals surface area (Å²) in [4.78, 5) is 2.40. The largest absolute Gasteiger partial charge is 0.394 e. The molecule has 3 nitrogen and oxygen atoms in total. The highest BCUT2D eigenvalue weighted by Crippen LogP contribution is 2.24. The minimum atomic E-state index is 0.127. The maximum absolute atomic E-state index is 8.50. The van der Waals surface area contributed by atoms with Crippen LogP contribution in [0.4, 0.5) is 0 Å². The molecule has 2 aromatic carbocycles. The van der Waals surface area contributed by atoms with Crippen molar-refractivity contribution in [2.24, 2.45) is 0 Å². The first-order valence-corrected chi connectivity index (χ1v) is 10.7. The monoisotopic (exact) mass is 405 g/mol. The fourth-order valence-electron chi connectivity index (χ4n) is 3.01. The van der Waals surface area contributed by atoms with Crippen LogP contribution in [0.25, 0.3) is 0 Å². The normalized spacial score (nSPS) is 11.8. The molecule has 0 heterocycles. The van der Waals surface area contributed by atoms with Gasteiger partial charge in [0.1, 0.15) is 0 Å². The predicted octanol–water partition coefficient (Wildman–Crippen LogP) is 5.61. The number of aliphatic hydroxyl groups excluding tert-OH is 1. The molecule has 28 heavy (non-hydrogen) atoms. The first-order valence-electron chi connectivity index (χ1n) is 10.3. The van der Waals surface area contributed by atoms with Gasteiger partial charge in [0.25, 0.3) is 0 Å². The van der Waals surface area contributed by atoms with E-state index < -0.39 is 0 Å². The number of halogens is 1. The van der Waals surface area contributed by atoms with Crippen molar-refractivity contribution in [2.75, 3.05) is 39.5 Å². The summed E-state index contributed by atoms with van der Waals surface area (Å²) in [5.41, 5.74) is 2.63. The highest BCUT2D eigenvalue weighted by molar-refractivity contribution is 6.30. The van der Waals surface area contributed by atoms with Crippen molar-refractivity contribution in [3.05, 3.63) is 70.7 Å². The molecule has 2 aromatic rings. The topological polar surface area (TPSA) is 32.7 Å². The molecule has 1 N–H and O–H groups in total. The number of ether oxygens (including phenoxy) is 1. The quantitative estimate of drug-likeness (QED) is 0.493. The number of benzene rings is 2. The Bertz CT molecular complexity index is 598. The van der Waals surface area contributed by atoms with Crippen LogP contribution in [0.5, 0.6) is 0 Å². The molecule has 0 saturated carbocycles. The Kier molecular flexibility index (Phi) is 13.7. The fraction of sp³-hybridized carbons (Fsp3) is 0.500. The summed E-state index contributed by atoms with van der Waals surface area (Å²) in [6.07, 6.45) is 2.39. The van der Waals surface area contributed by atoms with Gasteiger partial charge in [0, 0.05) is 17.5 Å². The van der Waals surface area contributed by atoms with Crippen molar-refractivity contribution >= 4 is 11.6 Å². The van der Waals surface area contributed by atoms with Gasteiger partial charge >= 0.3 is 0 Å². The molecule has 0 fully saturated rings. The Balaban J connectivity index is 0.000000284. The summed E-state index contributed by atoms with van der Waals surface area (Å²) in [7, 11) is 0.